The molecule has 1 aliphatic rings. The van der Waals surface area contributed by atoms with Gasteiger partial charge in [-0.15, -0.1) is 0 Å². The SMILES string of the molecule is CC(C)(Nc1cc(Cl)nc(-c2ccccc2)n1)C1CC1. The quantitative estimate of drug-likeness (QED) is 0.847. The Morgan fingerprint density at radius 3 is 2.50 bits per heavy atom. The Morgan fingerprint density at radius 2 is 1.85 bits per heavy atom. The van der Waals surface area contributed by atoms with E-state index in [1.54, 1.807) is 6.07 Å². The fourth-order valence-corrected chi connectivity index (χ4v) is 2.62. The van der Waals surface area contributed by atoms with Gasteiger partial charge in [-0.1, -0.05) is 41.9 Å². The number of anilines is 1. The summed E-state index contributed by atoms with van der Waals surface area (Å²) in [6.45, 7) is 4.42. The summed E-state index contributed by atoms with van der Waals surface area (Å²) in [5.74, 6) is 2.17. The number of aromatic nitrogens is 2. The molecular weight excluding hydrogens is 270 g/mol. The zero-order valence-electron chi connectivity index (χ0n) is 11.7. The lowest BCUT2D eigenvalue weighted by Gasteiger charge is -2.27. The highest BCUT2D eigenvalue weighted by molar-refractivity contribution is 6.29. The average Bonchev–Trinajstić information content (AvgIpc) is 3.23. The maximum atomic E-state index is 6.13. The first kappa shape index (κ1) is 13.4. The average molecular weight is 288 g/mol. The second-order valence-electron chi connectivity index (χ2n) is 5.89. The normalized spacial score (nSPS) is 15.2. The first-order valence-electron chi connectivity index (χ1n) is 6.93. The molecule has 1 N–H and O–H groups in total. The molecule has 1 heterocycles. The minimum absolute atomic E-state index is 0.0473. The highest BCUT2D eigenvalue weighted by Crippen LogP contribution is 2.41. The third-order valence-corrected chi connectivity index (χ3v) is 3.97. The summed E-state index contributed by atoms with van der Waals surface area (Å²) in [4.78, 5) is 8.90. The van der Waals surface area contributed by atoms with E-state index in [1.165, 1.54) is 12.8 Å². The summed E-state index contributed by atoms with van der Waals surface area (Å²) in [5.41, 5.74) is 1.02. The van der Waals surface area contributed by atoms with Crippen LogP contribution in [0.15, 0.2) is 36.4 Å². The minimum Gasteiger partial charge on any atom is -0.365 e. The topological polar surface area (TPSA) is 37.8 Å². The summed E-state index contributed by atoms with van der Waals surface area (Å²) >= 11 is 6.13. The summed E-state index contributed by atoms with van der Waals surface area (Å²) < 4.78 is 0. The zero-order valence-corrected chi connectivity index (χ0v) is 12.5. The number of halogens is 1. The van der Waals surface area contributed by atoms with E-state index in [2.05, 4.69) is 29.1 Å². The maximum Gasteiger partial charge on any atom is 0.163 e. The molecule has 2 aromatic rings. The van der Waals surface area contributed by atoms with Crippen LogP contribution < -0.4 is 5.32 Å². The molecule has 4 heteroatoms. The van der Waals surface area contributed by atoms with Gasteiger partial charge in [0.1, 0.15) is 11.0 Å². The largest absolute Gasteiger partial charge is 0.365 e. The number of nitrogens with one attached hydrogen (secondary N) is 1. The summed E-state index contributed by atoms with van der Waals surface area (Å²) in [5, 5.41) is 3.96. The van der Waals surface area contributed by atoms with Crippen LogP contribution in [-0.4, -0.2) is 15.5 Å². The van der Waals surface area contributed by atoms with Crippen LogP contribution in [0, 0.1) is 5.92 Å². The minimum atomic E-state index is 0.0473. The molecule has 0 bridgehead atoms. The van der Waals surface area contributed by atoms with Gasteiger partial charge in [-0.3, -0.25) is 0 Å². The number of rotatable bonds is 4. The van der Waals surface area contributed by atoms with Crippen molar-refractivity contribution in [1.82, 2.24) is 9.97 Å². The van der Waals surface area contributed by atoms with Crippen molar-refractivity contribution in [2.24, 2.45) is 5.92 Å². The van der Waals surface area contributed by atoms with E-state index in [4.69, 9.17) is 11.6 Å². The smallest absolute Gasteiger partial charge is 0.163 e. The molecule has 0 amide bonds. The lowest BCUT2D eigenvalue weighted by Crippen LogP contribution is -2.33. The summed E-state index contributed by atoms with van der Waals surface area (Å²) in [7, 11) is 0. The lowest BCUT2D eigenvalue weighted by atomic mass is 9.99. The number of hydrogen-bond acceptors (Lipinski definition) is 3. The van der Waals surface area contributed by atoms with Gasteiger partial charge >= 0.3 is 0 Å². The van der Waals surface area contributed by atoms with Gasteiger partial charge in [0, 0.05) is 17.2 Å². The molecular formula is C16H18ClN3. The van der Waals surface area contributed by atoms with Crippen molar-refractivity contribution < 1.29 is 0 Å². The molecule has 0 spiro atoms. The first-order valence-corrected chi connectivity index (χ1v) is 7.30. The third-order valence-electron chi connectivity index (χ3n) is 3.78. The van der Waals surface area contributed by atoms with Crippen LogP contribution in [0.5, 0.6) is 0 Å². The molecule has 0 radical (unpaired) electrons. The predicted octanol–water partition coefficient (Wildman–Crippen LogP) is 4.40. The molecule has 0 aliphatic heterocycles. The van der Waals surface area contributed by atoms with Crippen molar-refractivity contribution >= 4 is 17.4 Å². The highest BCUT2D eigenvalue weighted by atomic mass is 35.5. The van der Waals surface area contributed by atoms with E-state index in [1.807, 2.05) is 30.3 Å². The molecule has 0 unspecified atom stereocenters. The highest BCUT2D eigenvalue weighted by Gasteiger charge is 2.37. The molecule has 1 saturated carbocycles. The van der Waals surface area contributed by atoms with E-state index >= 15 is 0 Å². The number of nitrogens with zero attached hydrogens (tertiary/aromatic N) is 2. The fraction of sp³-hybridized carbons (Fsp3) is 0.375. The van der Waals surface area contributed by atoms with Crippen molar-refractivity contribution in [2.75, 3.05) is 5.32 Å². The molecule has 1 aromatic heterocycles. The van der Waals surface area contributed by atoms with Crippen molar-refractivity contribution in [3.63, 3.8) is 0 Å². The van der Waals surface area contributed by atoms with E-state index < -0.39 is 0 Å². The van der Waals surface area contributed by atoms with Crippen LogP contribution in [0.1, 0.15) is 26.7 Å². The van der Waals surface area contributed by atoms with E-state index in [9.17, 15) is 0 Å². The van der Waals surface area contributed by atoms with Gasteiger partial charge in [-0.05, 0) is 32.6 Å². The Bertz CT molecular complexity index is 606. The maximum absolute atomic E-state index is 6.13. The zero-order chi connectivity index (χ0) is 14.2. The predicted molar refractivity (Wildman–Crippen MR) is 82.9 cm³/mol. The summed E-state index contributed by atoms with van der Waals surface area (Å²) in [6.07, 6.45) is 2.56. The number of benzene rings is 1. The van der Waals surface area contributed by atoms with Crippen molar-refractivity contribution in [1.29, 1.82) is 0 Å². The van der Waals surface area contributed by atoms with Gasteiger partial charge in [0.25, 0.3) is 0 Å². The van der Waals surface area contributed by atoms with E-state index in [0.717, 1.165) is 17.3 Å². The van der Waals surface area contributed by atoms with Crippen LogP contribution in [0.3, 0.4) is 0 Å². The van der Waals surface area contributed by atoms with Gasteiger partial charge < -0.3 is 5.32 Å². The van der Waals surface area contributed by atoms with Crippen LogP contribution in [0.2, 0.25) is 5.15 Å². The van der Waals surface area contributed by atoms with Gasteiger partial charge in [0.15, 0.2) is 5.82 Å². The molecule has 3 nitrogen and oxygen atoms in total. The van der Waals surface area contributed by atoms with E-state index in [-0.39, 0.29) is 5.54 Å². The van der Waals surface area contributed by atoms with Crippen LogP contribution in [0.4, 0.5) is 5.82 Å². The van der Waals surface area contributed by atoms with Crippen LogP contribution in [-0.2, 0) is 0 Å². The molecule has 3 rings (SSSR count). The standard InChI is InChI=1S/C16H18ClN3/c1-16(2,12-8-9-12)20-14-10-13(17)18-15(19-14)11-6-4-3-5-7-11/h3-7,10,12H,8-9H2,1-2H3,(H,18,19,20). The molecule has 0 saturated heterocycles. The molecule has 20 heavy (non-hydrogen) atoms. The molecule has 1 aliphatic carbocycles. The van der Waals surface area contributed by atoms with Crippen LogP contribution >= 0.6 is 11.6 Å². The van der Waals surface area contributed by atoms with Gasteiger partial charge in [0.05, 0.1) is 0 Å². The Balaban J connectivity index is 1.91. The molecule has 1 aromatic carbocycles. The molecule has 104 valence electrons. The fourth-order valence-electron chi connectivity index (χ4n) is 2.44. The Morgan fingerprint density at radius 1 is 1.15 bits per heavy atom. The monoisotopic (exact) mass is 287 g/mol. The first-order chi connectivity index (χ1) is 9.54. The third kappa shape index (κ3) is 2.93. The van der Waals surface area contributed by atoms with Crippen LogP contribution in [0.25, 0.3) is 11.4 Å². The van der Waals surface area contributed by atoms with Gasteiger partial charge in [-0.2, -0.15) is 0 Å². The lowest BCUT2D eigenvalue weighted by molar-refractivity contribution is 0.492. The Kier molecular flexibility index (Phi) is 3.38. The van der Waals surface area contributed by atoms with Gasteiger partial charge in [-0.25, -0.2) is 9.97 Å². The van der Waals surface area contributed by atoms with Crippen molar-refractivity contribution in [3.05, 3.63) is 41.6 Å². The summed E-state index contributed by atoms with van der Waals surface area (Å²) in [6, 6.07) is 11.7. The van der Waals surface area contributed by atoms with Crippen molar-refractivity contribution in [3.8, 4) is 11.4 Å². The van der Waals surface area contributed by atoms with E-state index in [0.29, 0.717) is 11.0 Å². The Labute approximate surface area is 124 Å². The van der Waals surface area contributed by atoms with Crippen molar-refractivity contribution in [2.45, 2.75) is 32.2 Å². The second-order valence-corrected chi connectivity index (χ2v) is 6.27. The van der Waals surface area contributed by atoms with Gasteiger partial charge in [0.2, 0.25) is 0 Å². The Hall–Kier alpha value is -1.61. The molecule has 1 fully saturated rings. The number of hydrogen-bond donors (Lipinski definition) is 1. The molecule has 0 atom stereocenters. The second kappa shape index (κ2) is 5.06.